The SMILES string of the molecule is FC(F)(F)SCCNC1=NCCC1. The fourth-order valence-corrected chi connectivity index (χ4v) is 1.48. The lowest BCUT2D eigenvalue weighted by atomic mass is 10.3. The molecule has 0 radical (unpaired) electrons. The van der Waals surface area contributed by atoms with Crippen molar-refractivity contribution in [1.82, 2.24) is 5.32 Å². The van der Waals surface area contributed by atoms with Gasteiger partial charge in [-0.15, -0.1) is 0 Å². The van der Waals surface area contributed by atoms with Crippen LogP contribution in [-0.2, 0) is 0 Å². The van der Waals surface area contributed by atoms with Crippen LogP contribution < -0.4 is 5.32 Å². The van der Waals surface area contributed by atoms with Crippen molar-refractivity contribution in [2.45, 2.75) is 18.3 Å². The van der Waals surface area contributed by atoms with Gasteiger partial charge in [-0.25, -0.2) is 0 Å². The van der Waals surface area contributed by atoms with Crippen LogP contribution in [0, 0.1) is 0 Å². The van der Waals surface area contributed by atoms with E-state index in [0.717, 1.165) is 25.2 Å². The molecule has 0 bridgehead atoms. The number of halogens is 3. The summed E-state index contributed by atoms with van der Waals surface area (Å²) in [7, 11) is 0. The molecule has 6 heteroatoms. The molecule has 0 aromatic carbocycles. The molecule has 0 saturated heterocycles. The van der Waals surface area contributed by atoms with Crippen LogP contribution in [0.15, 0.2) is 4.99 Å². The molecule has 0 atom stereocenters. The first-order chi connectivity index (χ1) is 6.08. The maximum atomic E-state index is 11.7. The van der Waals surface area contributed by atoms with E-state index in [4.69, 9.17) is 0 Å². The van der Waals surface area contributed by atoms with Crippen LogP contribution in [0.5, 0.6) is 0 Å². The maximum Gasteiger partial charge on any atom is 0.441 e. The summed E-state index contributed by atoms with van der Waals surface area (Å²) in [5.74, 6) is 0.894. The molecule has 1 aliphatic rings. The van der Waals surface area contributed by atoms with Crippen LogP contribution in [0.25, 0.3) is 0 Å². The number of amidine groups is 1. The predicted molar refractivity (Wildman–Crippen MR) is 48.1 cm³/mol. The second-order valence-corrected chi connectivity index (χ2v) is 3.81. The van der Waals surface area contributed by atoms with Crippen molar-refractivity contribution in [1.29, 1.82) is 0 Å². The van der Waals surface area contributed by atoms with E-state index in [1.165, 1.54) is 0 Å². The molecule has 1 heterocycles. The third-order valence-corrected chi connectivity index (χ3v) is 2.31. The van der Waals surface area contributed by atoms with Gasteiger partial charge in [0.15, 0.2) is 0 Å². The van der Waals surface area contributed by atoms with Crippen molar-refractivity contribution in [3.63, 3.8) is 0 Å². The first kappa shape index (κ1) is 10.7. The van der Waals surface area contributed by atoms with E-state index in [1.54, 1.807) is 0 Å². The molecule has 13 heavy (non-hydrogen) atoms. The molecule has 1 rings (SSSR count). The molecule has 1 N–H and O–H groups in total. The van der Waals surface area contributed by atoms with E-state index in [2.05, 4.69) is 10.3 Å². The summed E-state index contributed by atoms with van der Waals surface area (Å²) in [6, 6.07) is 0. The number of nitrogens with one attached hydrogen (secondary N) is 1. The lowest BCUT2D eigenvalue weighted by Crippen LogP contribution is -2.24. The Kier molecular flexibility index (Phi) is 3.90. The summed E-state index contributed by atoms with van der Waals surface area (Å²) in [6.07, 6.45) is 1.88. The van der Waals surface area contributed by atoms with Gasteiger partial charge in [0.25, 0.3) is 0 Å². The first-order valence-corrected chi connectivity index (χ1v) is 5.04. The molecule has 1 aliphatic heterocycles. The lowest BCUT2D eigenvalue weighted by Gasteiger charge is -2.07. The molecule has 0 aromatic heterocycles. The second kappa shape index (κ2) is 4.74. The van der Waals surface area contributed by atoms with Gasteiger partial charge in [-0.3, -0.25) is 4.99 Å². The highest BCUT2D eigenvalue weighted by Gasteiger charge is 2.27. The highest BCUT2D eigenvalue weighted by Crippen LogP contribution is 2.29. The molecular weight excluding hydrogens is 201 g/mol. The number of rotatable bonds is 3. The monoisotopic (exact) mass is 212 g/mol. The number of hydrogen-bond donors (Lipinski definition) is 1. The largest absolute Gasteiger partial charge is 0.441 e. The third kappa shape index (κ3) is 5.02. The van der Waals surface area contributed by atoms with Crippen molar-refractivity contribution in [2.75, 3.05) is 18.8 Å². The summed E-state index contributed by atoms with van der Waals surface area (Å²) in [4.78, 5) is 4.08. The lowest BCUT2D eigenvalue weighted by molar-refractivity contribution is -0.0327. The van der Waals surface area contributed by atoms with E-state index < -0.39 is 5.51 Å². The highest BCUT2D eigenvalue weighted by atomic mass is 32.2. The van der Waals surface area contributed by atoms with E-state index >= 15 is 0 Å². The first-order valence-electron chi connectivity index (χ1n) is 4.06. The normalized spacial score (nSPS) is 17.3. The molecule has 0 unspecified atom stereocenters. The van der Waals surface area contributed by atoms with Crippen molar-refractivity contribution < 1.29 is 13.2 Å². The minimum atomic E-state index is -4.11. The summed E-state index contributed by atoms with van der Waals surface area (Å²) in [5.41, 5.74) is -4.11. The predicted octanol–water partition coefficient (Wildman–Crippen LogP) is 2.02. The number of hydrogen-bond acceptors (Lipinski definition) is 3. The number of thioether (sulfide) groups is 1. The van der Waals surface area contributed by atoms with E-state index in [9.17, 15) is 13.2 Å². The molecule has 0 spiro atoms. The molecule has 2 nitrogen and oxygen atoms in total. The van der Waals surface area contributed by atoms with Crippen molar-refractivity contribution in [3.05, 3.63) is 0 Å². The molecule has 0 fully saturated rings. The smallest absolute Gasteiger partial charge is 0.373 e. The van der Waals surface area contributed by atoms with Gasteiger partial charge in [0, 0.05) is 25.3 Å². The quantitative estimate of drug-likeness (QED) is 0.724. The van der Waals surface area contributed by atoms with Crippen LogP contribution in [0.1, 0.15) is 12.8 Å². The van der Waals surface area contributed by atoms with Gasteiger partial charge in [0.2, 0.25) is 0 Å². The zero-order valence-corrected chi connectivity index (χ0v) is 7.84. The van der Waals surface area contributed by atoms with Gasteiger partial charge in [-0.1, -0.05) is 0 Å². The Morgan fingerprint density at radius 1 is 1.46 bits per heavy atom. The summed E-state index contributed by atoms with van der Waals surface area (Å²) in [5, 5.41) is 2.88. The molecule has 0 aliphatic carbocycles. The Labute approximate surface area is 79.0 Å². The van der Waals surface area contributed by atoms with Crippen LogP contribution >= 0.6 is 11.8 Å². The van der Waals surface area contributed by atoms with Gasteiger partial charge in [0.1, 0.15) is 0 Å². The minimum Gasteiger partial charge on any atom is -0.373 e. The topological polar surface area (TPSA) is 24.4 Å². The fourth-order valence-electron chi connectivity index (χ4n) is 1.05. The summed E-state index contributed by atoms with van der Waals surface area (Å²) in [6.45, 7) is 1.14. The fraction of sp³-hybridized carbons (Fsp3) is 0.857. The third-order valence-electron chi connectivity index (χ3n) is 1.57. The van der Waals surface area contributed by atoms with E-state index in [-0.39, 0.29) is 17.5 Å². The molecule has 0 saturated carbocycles. The Hall–Kier alpha value is -0.390. The second-order valence-electron chi connectivity index (χ2n) is 2.65. The van der Waals surface area contributed by atoms with Crippen molar-refractivity contribution >= 4 is 17.6 Å². The molecular formula is C7H11F3N2S. The summed E-state index contributed by atoms with van der Waals surface area (Å²) >= 11 is -0.000561. The van der Waals surface area contributed by atoms with Gasteiger partial charge in [0.05, 0.1) is 5.84 Å². The zero-order chi connectivity index (χ0) is 9.73. The van der Waals surface area contributed by atoms with Gasteiger partial charge in [-0.2, -0.15) is 13.2 Å². The summed E-state index contributed by atoms with van der Waals surface area (Å²) < 4.78 is 35.0. The van der Waals surface area contributed by atoms with E-state index in [0.29, 0.717) is 6.54 Å². The van der Waals surface area contributed by atoms with Crippen LogP contribution in [0.4, 0.5) is 13.2 Å². The van der Waals surface area contributed by atoms with Crippen LogP contribution in [0.3, 0.4) is 0 Å². The Balaban J connectivity index is 2.01. The average Bonchev–Trinajstić information content (AvgIpc) is 2.48. The van der Waals surface area contributed by atoms with Crippen LogP contribution in [-0.4, -0.2) is 30.2 Å². The molecule has 76 valence electrons. The van der Waals surface area contributed by atoms with E-state index in [1.807, 2.05) is 0 Å². The minimum absolute atomic E-state index is 0.000561. The average molecular weight is 212 g/mol. The van der Waals surface area contributed by atoms with Crippen molar-refractivity contribution in [3.8, 4) is 0 Å². The maximum absolute atomic E-state index is 11.7. The number of aliphatic imine (C=N–C) groups is 1. The zero-order valence-electron chi connectivity index (χ0n) is 7.02. The molecule has 0 aromatic rings. The van der Waals surface area contributed by atoms with Crippen LogP contribution in [0.2, 0.25) is 0 Å². The number of nitrogens with zero attached hydrogens (tertiary/aromatic N) is 1. The Bertz CT molecular complexity index is 191. The molecule has 0 amide bonds. The highest BCUT2D eigenvalue weighted by molar-refractivity contribution is 8.00. The van der Waals surface area contributed by atoms with Gasteiger partial charge >= 0.3 is 5.51 Å². The van der Waals surface area contributed by atoms with Crippen molar-refractivity contribution in [2.24, 2.45) is 4.99 Å². The van der Waals surface area contributed by atoms with Gasteiger partial charge in [-0.05, 0) is 18.2 Å². The Morgan fingerprint density at radius 3 is 2.77 bits per heavy atom. The Morgan fingerprint density at radius 2 is 2.23 bits per heavy atom. The van der Waals surface area contributed by atoms with Gasteiger partial charge < -0.3 is 5.32 Å². The standard InChI is InChI=1S/C7H11F3N2S/c8-7(9,10)13-5-4-12-6-2-1-3-11-6/h1-5H2,(H,11,12). The number of alkyl halides is 3.